The summed E-state index contributed by atoms with van der Waals surface area (Å²) in [6.07, 6.45) is -3.80. The standard InChI is InChI=1S/C11H21F3N2O2/c1-10(2,9(17)15-3)7-16-5-4-6-18-8-11(12,13)14/h16H,4-8H2,1-3H3,(H,15,17). The number of hydrogen-bond donors (Lipinski definition) is 2. The van der Waals surface area contributed by atoms with Gasteiger partial charge in [-0.15, -0.1) is 0 Å². The maximum absolute atomic E-state index is 11.7. The molecule has 0 aromatic heterocycles. The highest BCUT2D eigenvalue weighted by Crippen LogP contribution is 2.14. The highest BCUT2D eigenvalue weighted by molar-refractivity contribution is 5.81. The van der Waals surface area contributed by atoms with Crippen molar-refractivity contribution in [2.24, 2.45) is 5.41 Å². The van der Waals surface area contributed by atoms with Crippen LogP contribution in [-0.4, -0.2) is 45.4 Å². The van der Waals surface area contributed by atoms with Gasteiger partial charge in [-0.05, 0) is 26.8 Å². The molecule has 0 unspecified atom stereocenters. The first-order valence-electron chi connectivity index (χ1n) is 5.76. The van der Waals surface area contributed by atoms with Crippen molar-refractivity contribution in [2.75, 3.05) is 33.4 Å². The lowest BCUT2D eigenvalue weighted by Crippen LogP contribution is -2.42. The zero-order valence-corrected chi connectivity index (χ0v) is 11.0. The number of nitrogens with one attached hydrogen (secondary N) is 2. The summed E-state index contributed by atoms with van der Waals surface area (Å²) in [5, 5.41) is 5.57. The largest absolute Gasteiger partial charge is 0.411 e. The van der Waals surface area contributed by atoms with Crippen LogP contribution < -0.4 is 10.6 Å². The molecule has 0 aliphatic carbocycles. The van der Waals surface area contributed by atoms with Gasteiger partial charge in [0.25, 0.3) is 0 Å². The summed E-state index contributed by atoms with van der Waals surface area (Å²) in [7, 11) is 1.56. The predicted octanol–water partition coefficient (Wildman–Crippen LogP) is 1.32. The normalized spacial score (nSPS) is 12.6. The van der Waals surface area contributed by atoms with Crippen LogP contribution in [0, 0.1) is 5.41 Å². The van der Waals surface area contributed by atoms with Crippen LogP contribution >= 0.6 is 0 Å². The Morgan fingerprint density at radius 3 is 2.39 bits per heavy atom. The summed E-state index contributed by atoms with van der Waals surface area (Å²) in [4.78, 5) is 11.4. The van der Waals surface area contributed by atoms with Gasteiger partial charge >= 0.3 is 6.18 Å². The summed E-state index contributed by atoms with van der Waals surface area (Å²) < 4.78 is 39.6. The van der Waals surface area contributed by atoms with E-state index in [1.54, 1.807) is 20.9 Å². The molecule has 0 aliphatic heterocycles. The van der Waals surface area contributed by atoms with Crippen molar-refractivity contribution in [1.82, 2.24) is 10.6 Å². The second-order valence-corrected chi connectivity index (χ2v) is 4.66. The van der Waals surface area contributed by atoms with E-state index in [4.69, 9.17) is 0 Å². The molecule has 0 aromatic rings. The maximum atomic E-state index is 11.7. The van der Waals surface area contributed by atoms with Crippen LogP contribution in [-0.2, 0) is 9.53 Å². The first-order valence-corrected chi connectivity index (χ1v) is 5.76. The van der Waals surface area contributed by atoms with Crippen LogP contribution in [0.1, 0.15) is 20.3 Å². The molecule has 108 valence electrons. The molecule has 7 heteroatoms. The van der Waals surface area contributed by atoms with E-state index in [-0.39, 0.29) is 12.5 Å². The molecule has 4 nitrogen and oxygen atoms in total. The number of halogens is 3. The van der Waals surface area contributed by atoms with E-state index < -0.39 is 18.2 Å². The number of carbonyl (C=O) groups is 1. The zero-order chi connectivity index (χ0) is 14.2. The Morgan fingerprint density at radius 1 is 1.28 bits per heavy atom. The molecule has 0 rings (SSSR count). The number of carbonyl (C=O) groups excluding carboxylic acids is 1. The van der Waals surface area contributed by atoms with Crippen molar-refractivity contribution in [1.29, 1.82) is 0 Å². The Bertz CT molecular complexity index is 255. The minimum Gasteiger partial charge on any atom is -0.372 e. The lowest BCUT2D eigenvalue weighted by molar-refractivity contribution is -0.174. The molecule has 0 saturated carbocycles. The van der Waals surface area contributed by atoms with E-state index in [9.17, 15) is 18.0 Å². The smallest absolute Gasteiger partial charge is 0.372 e. The highest BCUT2D eigenvalue weighted by Gasteiger charge is 2.27. The van der Waals surface area contributed by atoms with Crippen molar-refractivity contribution >= 4 is 5.91 Å². The van der Waals surface area contributed by atoms with Crippen molar-refractivity contribution < 1.29 is 22.7 Å². The molecule has 2 N–H and O–H groups in total. The van der Waals surface area contributed by atoms with Gasteiger partial charge in [0.2, 0.25) is 5.91 Å². The van der Waals surface area contributed by atoms with Gasteiger partial charge in [0.1, 0.15) is 6.61 Å². The van der Waals surface area contributed by atoms with Crippen LogP contribution in [0.25, 0.3) is 0 Å². The number of hydrogen-bond acceptors (Lipinski definition) is 3. The average molecular weight is 270 g/mol. The maximum Gasteiger partial charge on any atom is 0.411 e. The second kappa shape index (κ2) is 7.58. The molecule has 0 fully saturated rings. The second-order valence-electron chi connectivity index (χ2n) is 4.66. The molecule has 0 aromatic carbocycles. The quantitative estimate of drug-likeness (QED) is 0.654. The Kier molecular flexibility index (Phi) is 7.23. The monoisotopic (exact) mass is 270 g/mol. The van der Waals surface area contributed by atoms with Crippen LogP contribution in [0.4, 0.5) is 13.2 Å². The molecule has 18 heavy (non-hydrogen) atoms. The third-order valence-electron chi connectivity index (χ3n) is 2.32. The van der Waals surface area contributed by atoms with E-state index in [1.807, 2.05) is 0 Å². The van der Waals surface area contributed by atoms with Gasteiger partial charge in [0.05, 0.1) is 5.41 Å². The van der Waals surface area contributed by atoms with Gasteiger partial charge in [0.15, 0.2) is 0 Å². The molecule has 0 radical (unpaired) electrons. The summed E-state index contributed by atoms with van der Waals surface area (Å²) in [6.45, 7) is 3.39. The number of alkyl halides is 3. The molecule has 0 spiro atoms. The minimum atomic E-state index is -4.27. The molecule has 1 amide bonds. The molecule has 0 heterocycles. The summed E-state index contributed by atoms with van der Waals surface area (Å²) in [5.74, 6) is -0.0803. The first-order chi connectivity index (χ1) is 8.19. The van der Waals surface area contributed by atoms with Gasteiger partial charge in [-0.25, -0.2) is 0 Å². The Labute approximate surface area is 105 Å². The van der Waals surface area contributed by atoms with Crippen LogP contribution in [0.5, 0.6) is 0 Å². The van der Waals surface area contributed by atoms with E-state index in [2.05, 4.69) is 15.4 Å². The Hall–Kier alpha value is -0.820. The van der Waals surface area contributed by atoms with Crippen LogP contribution in [0.3, 0.4) is 0 Å². The van der Waals surface area contributed by atoms with E-state index in [0.717, 1.165) is 0 Å². The molecule has 0 bridgehead atoms. The predicted molar refractivity (Wildman–Crippen MR) is 62.2 cm³/mol. The fourth-order valence-electron chi connectivity index (χ4n) is 1.31. The van der Waals surface area contributed by atoms with Crippen molar-refractivity contribution in [2.45, 2.75) is 26.4 Å². The van der Waals surface area contributed by atoms with Gasteiger partial charge in [0, 0.05) is 20.2 Å². The first kappa shape index (κ1) is 17.2. The van der Waals surface area contributed by atoms with E-state index >= 15 is 0 Å². The fourth-order valence-corrected chi connectivity index (χ4v) is 1.31. The van der Waals surface area contributed by atoms with E-state index in [0.29, 0.717) is 19.5 Å². The van der Waals surface area contributed by atoms with Crippen molar-refractivity contribution in [3.05, 3.63) is 0 Å². The van der Waals surface area contributed by atoms with E-state index in [1.165, 1.54) is 0 Å². The van der Waals surface area contributed by atoms with Gasteiger partial charge in [-0.3, -0.25) is 4.79 Å². The fraction of sp³-hybridized carbons (Fsp3) is 0.909. The summed E-state index contributed by atoms with van der Waals surface area (Å²) in [5.41, 5.74) is -0.540. The molecular formula is C11H21F3N2O2. The van der Waals surface area contributed by atoms with Gasteiger partial charge in [-0.2, -0.15) is 13.2 Å². The molecule has 0 saturated heterocycles. The minimum absolute atomic E-state index is 0.0485. The SMILES string of the molecule is CNC(=O)C(C)(C)CNCCCOCC(F)(F)F. The van der Waals surface area contributed by atoms with Gasteiger partial charge in [-0.1, -0.05) is 0 Å². The van der Waals surface area contributed by atoms with Gasteiger partial charge < -0.3 is 15.4 Å². The van der Waals surface area contributed by atoms with Crippen molar-refractivity contribution in [3.8, 4) is 0 Å². The third kappa shape index (κ3) is 8.30. The third-order valence-corrected chi connectivity index (χ3v) is 2.32. The molecule has 0 aliphatic rings. The molecule has 0 atom stereocenters. The zero-order valence-electron chi connectivity index (χ0n) is 11.0. The number of amides is 1. The van der Waals surface area contributed by atoms with Crippen LogP contribution in [0.2, 0.25) is 0 Å². The Morgan fingerprint density at radius 2 is 1.89 bits per heavy atom. The lowest BCUT2D eigenvalue weighted by Gasteiger charge is -2.22. The summed E-state index contributed by atoms with van der Waals surface area (Å²) in [6, 6.07) is 0. The number of rotatable bonds is 8. The van der Waals surface area contributed by atoms with Crippen molar-refractivity contribution in [3.63, 3.8) is 0 Å². The summed E-state index contributed by atoms with van der Waals surface area (Å²) >= 11 is 0. The topological polar surface area (TPSA) is 50.4 Å². The average Bonchev–Trinajstić information content (AvgIpc) is 2.25. The number of ether oxygens (including phenoxy) is 1. The Balaban J connectivity index is 3.54. The molecular weight excluding hydrogens is 249 g/mol. The lowest BCUT2D eigenvalue weighted by atomic mass is 9.92. The highest BCUT2D eigenvalue weighted by atomic mass is 19.4. The van der Waals surface area contributed by atoms with Crippen LogP contribution in [0.15, 0.2) is 0 Å².